The number of nitrogens with zero attached hydrogens (tertiary/aromatic N) is 1. The van der Waals surface area contributed by atoms with E-state index in [0.29, 0.717) is 12.3 Å². The van der Waals surface area contributed by atoms with Crippen molar-refractivity contribution < 1.29 is 9.90 Å². The molecule has 0 bridgehead atoms. The van der Waals surface area contributed by atoms with Gasteiger partial charge in [-0.15, -0.1) is 0 Å². The third kappa shape index (κ3) is 3.24. The highest BCUT2D eigenvalue weighted by atomic mass is 16.3. The van der Waals surface area contributed by atoms with E-state index in [1.807, 2.05) is 47.4 Å². The van der Waals surface area contributed by atoms with Crippen LogP contribution in [0, 0.1) is 0 Å². The van der Waals surface area contributed by atoms with Gasteiger partial charge < -0.3 is 10.0 Å². The fourth-order valence-corrected chi connectivity index (χ4v) is 2.89. The lowest BCUT2D eigenvalue weighted by Gasteiger charge is -2.17. The predicted molar refractivity (Wildman–Crippen MR) is 82.2 cm³/mol. The smallest absolute Gasteiger partial charge is 0.227 e. The van der Waals surface area contributed by atoms with Crippen LogP contribution < -0.4 is 0 Å². The first-order valence-corrected chi connectivity index (χ1v) is 7.33. The summed E-state index contributed by atoms with van der Waals surface area (Å²) in [6.07, 6.45) is 1.47. The summed E-state index contributed by atoms with van der Waals surface area (Å²) in [7, 11) is 0. The van der Waals surface area contributed by atoms with Gasteiger partial charge in [0.05, 0.1) is 6.42 Å². The van der Waals surface area contributed by atoms with E-state index < -0.39 is 0 Å². The van der Waals surface area contributed by atoms with Crippen LogP contribution in [0.3, 0.4) is 0 Å². The summed E-state index contributed by atoms with van der Waals surface area (Å²) in [6, 6.07) is 17.2. The highest BCUT2D eigenvalue weighted by Gasteiger charge is 2.27. The second-order valence-corrected chi connectivity index (χ2v) is 5.58. The maximum Gasteiger partial charge on any atom is 0.227 e. The molecule has 2 aromatic carbocycles. The lowest BCUT2D eigenvalue weighted by Crippen LogP contribution is -2.29. The van der Waals surface area contributed by atoms with Gasteiger partial charge in [0.15, 0.2) is 0 Å². The highest BCUT2D eigenvalue weighted by Crippen LogP contribution is 2.28. The molecule has 0 aromatic heterocycles. The molecule has 0 saturated carbocycles. The molecule has 1 saturated heterocycles. The van der Waals surface area contributed by atoms with Crippen LogP contribution >= 0.6 is 0 Å². The zero-order valence-electron chi connectivity index (χ0n) is 11.9. The summed E-state index contributed by atoms with van der Waals surface area (Å²) in [5.41, 5.74) is 2.26. The molecule has 0 unspecified atom stereocenters. The normalized spacial score (nSPS) is 17.9. The molecule has 108 valence electrons. The topological polar surface area (TPSA) is 40.5 Å². The van der Waals surface area contributed by atoms with E-state index in [1.54, 1.807) is 12.1 Å². The van der Waals surface area contributed by atoms with E-state index in [1.165, 1.54) is 5.56 Å². The molecule has 1 amide bonds. The number of phenols is 1. The summed E-state index contributed by atoms with van der Waals surface area (Å²) in [5.74, 6) is 0.863. The third-order valence-electron chi connectivity index (χ3n) is 4.10. The van der Waals surface area contributed by atoms with Crippen molar-refractivity contribution in [1.29, 1.82) is 0 Å². The van der Waals surface area contributed by atoms with E-state index in [4.69, 9.17) is 0 Å². The van der Waals surface area contributed by atoms with Gasteiger partial charge in [-0.3, -0.25) is 4.79 Å². The Bertz CT molecular complexity index is 607. The number of aromatic hydroxyl groups is 1. The molecule has 3 heteroatoms. The van der Waals surface area contributed by atoms with E-state index >= 15 is 0 Å². The fraction of sp³-hybridized carbons (Fsp3) is 0.278. The van der Waals surface area contributed by atoms with Crippen molar-refractivity contribution in [3.8, 4) is 5.75 Å². The van der Waals surface area contributed by atoms with Gasteiger partial charge in [-0.1, -0.05) is 42.5 Å². The molecule has 0 aliphatic carbocycles. The maximum absolute atomic E-state index is 12.3. The van der Waals surface area contributed by atoms with E-state index in [2.05, 4.69) is 0 Å². The largest absolute Gasteiger partial charge is 0.508 e. The zero-order chi connectivity index (χ0) is 14.7. The van der Waals surface area contributed by atoms with Crippen LogP contribution in [-0.2, 0) is 11.2 Å². The molecular formula is C18H19NO2. The van der Waals surface area contributed by atoms with E-state index in [-0.39, 0.29) is 11.7 Å². The summed E-state index contributed by atoms with van der Waals surface area (Å²) in [5, 5.41) is 9.34. The van der Waals surface area contributed by atoms with E-state index in [9.17, 15) is 9.90 Å². The van der Waals surface area contributed by atoms with Crippen molar-refractivity contribution >= 4 is 5.91 Å². The van der Waals surface area contributed by atoms with Gasteiger partial charge in [0.1, 0.15) is 5.75 Å². The molecular weight excluding hydrogens is 262 g/mol. The Morgan fingerprint density at radius 1 is 1.10 bits per heavy atom. The summed E-state index contributed by atoms with van der Waals surface area (Å²) >= 11 is 0. The van der Waals surface area contributed by atoms with Gasteiger partial charge in [0.2, 0.25) is 5.91 Å². The molecule has 0 radical (unpaired) electrons. The third-order valence-corrected chi connectivity index (χ3v) is 4.10. The number of amides is 1. The van der Waals surface area contributed by atoms with Crippen molar-refractivity contribution in [1.82, 2.24) is 4.90 Å². The number of hydrogen-bond acceptors (Lipinski definition) is 2. The van der Waals surface area contributed by atoms with Crippen molar-refractivity contribution in [2.24, 2.45) is 0 Å². The molecule has 0 spiro atoms. The molecule has 3 rings (SSSR count). The molecule has 1 atom stereocenters. The Morgan fingerprint density at radius 2 is 1.81 bits per heavy atom. The van der Waals surface area contributed by atoms with Crippen LogP contribution in [0.5, 0.6) is 5.75 Å². The first kappa shape index (κ1) is 13.7. The predicted octanol–water partition coefficient (Wildman–Crippen LogP) is 2.95. The van der Waals surface area contributed by atoms with Gasteiger partial charge in [0.25, 0.3) is 0 Å². The summed E-state index contributed by atoms with van der Waals surface area (Å²) < 4.78 is 0. The van der Waals surface area contributed by atoms with Gasteiger partial charge in [-0.25, -0.2) is 0 Å². The second kappa shape index (κ2) is 6.00. The van der Waals surface area contributed by atoms with Crippen LogP contribution in [0.15, 0.2) is 54.6 Å². The lowest BCUT2D eigenvalue weighted by molar-refractivity contribution is -0.129. The Labute approximate surface area is 124 Å². The quantitative estimate of drug-likeness (QED) is 0.939. The van der Waals surface area contributed by atoms with Crippen molar-refractivity contribution in [3.63, 3.8) is 0 Å². The van der Waals surface area contributed by atoms with Crippen LogP contribution in [0.1, 0.15) is 23.5 Å². The van der Waals surface area contributed by atoms with Gasteiger partial charge >= 0.3 is 0 Å². The number of carbonyl (C=O) groups excluding carboxylic acids is 1. The number of rotatable bonds is 3. The first-order valence-electron chi connectivity index (χ1n) is 7.33. The number of hydrogen-bond donors (Lipinski definition) is 1. The Kier molecular flexibility index (Phi) is 3.91. The molecule has 21 heavy (non-hydrogen) atoms. The van der Waals surface area contributed by atoms with Gasteiger partial charge in [0, 0.05) is 19.0 Å². The summed E-state index contributed by atoms with van der Waals surface area (Å²) in [6.45, 7) is 1.59. The highest BCUT2D eigenvalue weighted by molar-refractivity contribution is 5.79. The maximum atomic E-state index is 12.3. The average Bonchev–Trinajstić information content (AvgIpc) is 2.99. The number of carbonyl (C=O) groups is 1. The van der Waals surface area contributed by atoms with Crippen molar-refractivity contribution in [3.05, 3.63) is 65.7 Å². The molecule has 1 N–H and O–H groups in total. The molecule has 1 heterocycles. The number of phenolic OH excluding ortho intramolecular Hbond substituents is 1. The van der Waals surface area contributed by atoms with Crippen LogP contribution in [0.2, 0.25) is 0 Å². The minimum atomic E-state index is 0.197. The Morgan fingerprint density at radius 3 is 2.52 bits per heavy atom. The lowest BCUT2D eigenvalue weighted by atomic mass is 9.98. The standard InChI is InChI=1S/C18H19NO2/c20-17-8-6-15(7-9-17)16-10-11-19(13-16)18(21)12-14-4-2-1-3-5-14/h1-9,16,20H,10-13H2/t16-/m1/s1. The van der Waals surface area contributed by atoms with E-state index in [0.717, 1.165) is 25.1 Å². The minimum absolute atomic E-state index is 0.197. The zero-order valence-corrected chi connectivity index (χ0v) is 11.9. The minimum Gasteiger partial charge on any atom is -0.508 e. The molecule has 1 aliphatic rings. The molecule has 3 nitrogen and oxygen atoms in total. The van der Waals surface area contributed by atoms with Crippen molar-refractivity contribution in [2.45, 2.75) is 18.8 Å². The van der Waals surface area contributed by atoms with Crippen LogP contribution in [0.25, 0.3) is 0 Å². The fourth-order valence-electron chi connectivity index (χ4n) is 2.89. The van der Waals surface area contributed by atoms with Crippen molar-refractivity contribution in [2.75, 3.05) is 13.1 Å². The Balaban J connectivity index is 1.61. The van der Waals surface area contributed by atoms with Gasteiger partial charge in [-0.2, -0.15) is 0 Å². The molecule has 1 fully saturated rings. The van der Waals surface area contributed by atoms with Crippen LogP contribution in [-0.4, -0.2) is 29.0 Å². The van der Waals surface area contributed by atoms with Crippen LogP contribution in [0.4, 0.5) is 0 Å². The molecule has 1 aliphatic heterocycles. The first-order chi connectivity index (χ1) is 10.2. The number of benzene rings is 2. The Hall–Kier alpha value is -2.29. The summed E-state index contributed by atoms with van der Waals surface area (Å²) in [4.78, 5) is 14.3. The monoisotopic (exact) mass is 281 g/mol. The van der Waals surface area contributed by atoms with Gasteiger partial charge in [-0.05, 0) is 29.7 Å². The number of likely N-dealkylation sites (tertiary alicyclic amines) is 1. The average molecular weight is 281 g/mol. The molecule has 2 aromatic rings. The second-order valence-electron chi connectivity index (χ2n) is 5.58. The SMILES string of the molecule is O=C(Cc1ccccc1)N1CC[C@@H](c2ccc(O)cc2)C1.